The Morgan fingerprint density at radius 2 is 1.64 bits per heavy atom. The van der Waals surface area contributed by atoms with Gasteiger partial charge in [0.25, 0.3) is 5.91 Å². The largest absolute Gasteiger partial charge is 0.489 e. The summed E-state index contributed by atoms with van der Waals surface area (Å²) < 4.78 is 5.79. The molecule has 6 nitrogen and oxygen atoms in total. The molecule has 0 aromatic heterocycles. The molecule has 2 amide bonds. The van der Waals surface area contributed by atoms with E-state index in [1.165, 1.54) is 0 Å². The highest BCUT2D eigenvalue weighted by Gasteiger charge is 2.23. The van der Waals surface area contributed by atoms with Gasteiger partial charge in [-0.1, -0.05) is 55.8 Å². The van der Waals surface area contributed by atoms with E-state index in [9.17, 15) is 9.59 Å². The number of hydrogen-bond donors (Lipinski definition) is 1. The summed E-state index contributed by atoms with van der Waals surface area (Å²) in [5.74, 6) is 1.06. The van der Waals surface area contributed by atoms with Gasteiger partial charge in [-0.15, -0.1) is 0 Å². The Morgan fingerprint density at radius 3 is 2.28 bits per heavy atom. The highest BCUT2D eigenvalue weighted by atomic mass is 35.5. The first-order valence-electron chi connectivity index (χ1n) is 12.3. The van der Waals surface area contributed by atoms with Gasteiger partial charge in [-0.2, -0.15) is 0 Å². The molecule has 0 bridgehead atoms. The van der Waals surface area contributed by atoms with Crippen LogP contribution in [0.4, 0.5) is 11.4 Å². The van der Waals surface area contributed by atoms with Crippen molar-refractivity contribution in [1.29, 1.82) is 0 Å². The first-order valence-corrected chi connectivity index (χ1v) is 12.7. The van der Waals surface area contributed by atoms with E-state index < -0.39 is 0 Å². The van der Waals surface area contributed by atoms with Crippen LogP contribution in [-0.4, -0.2) is 42.9 Å². The highest BCUT2D eigenvalue weighted by Crippen LogP contribution is 2.30. The van der Waals surface area contributed by atoms with Crippen LogP contribution in [0.2, 0.25) is 5.02 Å². The number of benzene rings is 3. The molecule has 1 fully saturated rings. The third-order valence-electron chi connectivity index (χ3n) is 6.13. The summed E-state index contributed by atoms with van der Waals surface area (Å²) in [4.78, 5) is 29.2. The Balaban J connectivity index is 1.30. The van der Waals surface area contributed by atoms with Gasteiger partial charge >= 0.3 is 0 Å². The van der Waals surface area contributed by atoms with Crippen molar-refractivity contribution in [2.24, 2.45) is 5.92 Å². The van der Waals surface area contributed by atoms with Crippen LogP contribution in [0.1, 0.15) is 36.2 Å². The van der Waals surface area contributed by atoms with E-state index in [0.29, 0.717) is 54.1 Å². The average Bonchev–Trinajstić information content (AvgIpc) is 2.88. The number of nitrogens with zero attached hydrogens (tertiary/aromatic N) is 2. The molecule has 4 rings (SSSR count). The Hall–Kier alpha value is -3.51. The van der Waals surface area contributed by atoms with Crippen molar-refractivity contribution in [2.45, 2.75) is 26.9 Å². The fourth-order valence-electron chi connectivity index (χ4n) is 4.16. The smallest absolute Gasteiger partial charge is 0.255 e. The minimum atomic E-state index is -0.217. The van der Waals surface area contributed by atoms with Crippen LogP contribution in [0.3, 0.4) is 0 Å². The third-order valence-corrected chi connectivity index (χ3v) is 6.43. The molecule has 0 radical (unpaired) electrons. The van der Waals surface area contributed by atoms with Crippen LogP contribution in [0.25, 0.3) is 0 Å². The molecule has 0 atom stereocenters. The molecule has 3 aromatic carbocycles. The molecule has 0 unspecified atom stereocenters. The number of ether oxygens (including phenoxy) is 1. The molecule has 0 spiro atoms. The van der Waals surface area contributed by atoms with E-state index in [1.54, 1.807) is 30.3 Å². The summed E-state index contributed by atoms with van der Waals surface area (Å²) >= 11 is 6.58. The number of anilines is 2. The zero-order chi connectivity index (χ0) is 25.5. The summed E-state index contributed by atoms with van der Waals surface area (Å²) in [6, 6.07) is 22.5. The van der Waals surface area contributed by atoms with Crippen LogP contribution in [-0.2, 0) is 11.4 Å². The fraction of sp³-hybridized carbons (Fsp3) is 0.310. The Kier molecular flexibility index (Phi) is 8.49. The number of nitrogens with one attached hydrogen (secondary N) is 1. The number of rotatable bonds is 8. The van der Waals surface area contributed by atoms with Crippen molar-refractivity contribution in [3.8, 4) is 5.75 Å². The SMILES string of the molecule is CC(C)CC(=O)N1CCN(c2ccc(NC(=O)c3ccc(OCc4ccccc4)cc3)cc2Cl)CC1. The summed E-state index contributed by atoms with van der Waals surface area (Å²) in [7, 11) is 0. The van der Waals surface area contributed by atoms with Gasteiger partial charge in [-0.05, 0) is 53.9 Å². The van der Waals surface area contributed by atoms with E-state index in [0.717, 1.165) is 24.3 Å². The van der Waals surface area contributed by atoms with Gasteiger partial charge in [0.05, 0.1) is 10.7 Å². The molecule has 188 valence electrons. The minimum absolute atomic E-state index is 0.213. The van der Waals surface area contributed by atoms with Crippen LogP contribution in [0, 0.1) is 5.92 Å². The van der Waals surface area contributed by atoms with Crippen LogP contribution < -0.4 is 15.0 Å². The van der Waals surface area contributed by atoms with E-state index in [4.69, 9.17) is 16.3 Å². The van der Waals surface area contributed by atoms with Crippen LogP contribution in [0.5, 0.6) is 5.75 Å². The quantitative estimate of drug-likeness (QED) is 0.416. The van der Waals surface area contributed by atoms with Gasteiger partial charge in [0.15, 0.2) is 0 Å². The maximum Gasteiger partial charge on any atom is 0.255 e. The number of carbonyl (C=O) groups excluding carboxylic acids is 2. The van der Waals surface area contributed by atoms with Gasteiger partial charge in [0.2, 0.25) is 5.91 Å². The molecule has 0 saturated carbocycles. The molecule has 1 aliphatic heterocycles. The number of piperazine rings is 1. The normalized spacial score (nSPS) is 13.6. The van der Waals surface area contributed by atoms with Gasteiger partial charge in [-0.3, -0.25) is 9.59 Å². The lowest BCUT2D eigenvalue weighted by Crippen LogP contribution is -2.49. The van der Waals surface area contributed by atoms with E-state index >= 15 is 0 Å². The molecule has 1 saturated heterocycles. The van der Waals surface area contributed by atoms with Crippen LogP contribution in [0.15, 0.2) is 72.8 Å². The van der Waals surface area contributed by atoms with Crippen LogP contribution >= 0.6 is 11.6 Å². The number of amides is 2. The van der Waals surface area contributed by atoms with Gasteiger partial charge in [0.1, 0.15) is 12.4 Å². The molecule has 1 heterocycles. The van der Waals surface area contributed by atoms with E-state index in [2.05, 4.69) is 24.1 Å². The Labute approximate surface area is 217 Å². The lowest BCUT2D eigenvalue weighted by atomic mass is 10.1. The van der Waals surface area contributed by atoms with Crippen molar-refractivity contribution in [3.05, 3.63) is 88.9 Å². The maximum absolute atomic E-state index is 12.7. The van der Waals surface area contributed by atoms with E-state index in [1.807, 2.05) is 47.4 Å². The number of carbonyl (C=O) groups is 2. The zero-order valence-corrected chi connectivity index (χ0v) is 21.5. The Bertz CT molecular complexity index is 1170. The minimum Gasteiger partial charge on any atom is -0.489 e. The first kappa shape index (κ1) is 25.6. The standard InChI is InChI=1S/C29H32ClN3O3/c1-21(2)18-28(34)33-16-14-32(15-17-33)27-13-10-24(19-26(27)30)31-29(35)23-8-11-25(12-9-23)36-20-22-6-4-3-5-7-22/h3-13,19,21H,14-18,20H2,1-2H3,(H,31,35). The maximum atomic E-state index is 12.7. The molecular formula is C29H32ClN3O3. The molecule has 1 N–H and O–H groups in total. The predicted molar refractivity (Wildman–Crippen MR) is 145 cm³/mol. The summed E-state index contributed by atoms with van der Waals surface area (Å²) in [6.45, 7) is 7.43. The highest BCUT2D eigenvalue weighted by molar-refractivity contribution is 6.33. The van der Waals surface area contributed by atoms with Crippen molar-refractivity contribution < 1.29 is 14.3 Å². The molecule has 0 aliphatic carbocycles. The Morgan fingerprint density at radius 1 is 0.944 bits per heavy atom. The monoisotopic (exact) mass is 505 g/mol. The summed E-state index contributed by atoms with van der Waals surface area (Å²) in [5, 5.41) is 3.48. The average molecular weight is 506 g/mol. The van der Waals surface area contributed by atoms with Gasteiger partial charge < -0.3 is 19.9 Å². The van der Waals surface area contributed by atoms with Crippen molar-refractivity contribution in [2.75, 3.05) is 36.4 Å². The fourth-order valence-corrected chi connectivity index (χ4v) is 4.46. The predicted octanol–water partition coefficient (Wildman–Crippen LogP) is 5.87. The van der Waals surface area contributed by atoms with Crippen molar-refractivity contribution in [3.63, 3.8) is 0 Å². The molecule has 3 aromatic rings. The van der Waals surface area contributed by atoms with Crippen molar-refractivity contribution in [1.82, 2.24) is 4.90 Å². The second kappa shape index (κ2) is 12.0. The molecule has 7 heteroatoms. The van der Waals surface area contributed by atoms with Crippen molar-refractivity contribution >= 4 is 34.8 Å². The topological polar surface area (TPSA) is 61.9 Å². The molecule has 36 heavy (non-hydrogen) atoms. The second-order valence-electron chi connectivity index (χ2n) is 9.38. The van der Waals surface area contributed by atoms with Gasteiger partial charge in [-0.25, -0.2) is 0 Å². The number of halogens is 1. The number of hydrogen-bond acceptors (Lipinski definition) is 4. The first-order chi connectivity index (χ1) is 17.4. The van der Waals surface area contributed by atoms with E-state index in [-0.39, 0.29) is 11.8 Å². The second-order valence-corrected chi connectivity index (χ2v) is 9.79. The van der Waals surface area contributed by atoms with Gasteiger partial charge in [0, 0.05) is 43.9 Å². The third kappa shape index (κ3) is 6.79. The molecular weight excluding hydrogens is 474 g/mol. The zero-order valence-electron chi connectivity index (χ0n) is 20.7. The molecule has 1 aliphatic rings. The lowest BCUT2D eigenvalue weighted by molar-refractivity contribution is -0.132. The summed E-state index contributed by atoms with van der Waals surface area (Å²) in [5.41, 5.74) is 3.15. The lowest BCUT2D eigenvalue weighted by Gasteiger charge is -2.36. The summed E-state index contributed by atoms with van der Waals surface area (Å²) in [6.07, 6.45) is 0.582.